The summed E-state index contributed by atoms with van der Waals surface area (Å²) in [4.78, 5) is 29.6. The van der Waals surface area contributed by atoms with Crippen LogP contribution in [-0.4, -0.2) is 60.0 Å². The minimum atomic E-state index is -0.398. The van der Waals surface area contributed by atoms with E-state index in [-0.39, 0.29) is 17.7 Å². The summed E-state index contributed by atoms with van der Waals surface area (Å²) in [5, 5.41) is 9.01. The number of carbonyl (C=O) groups is 1. The number of carbonyl (C=O) groups excluding carboxylic acids is 1. The molecule has 1 saturated heterocycles. The SMILES string of the molecule is Cc1ccc(-n2nccn2)c(C(=O)N2C[C@H](C)OC[C@H]2c2nc3c(C)c(Cl)ccc3[nH]2)n1. The highest BCUT2D eigenvalue weighted by atomic mass is 35.5. The number of halogens is 1. The predicted octanol–water partition coefficient (Wildman–Crippen LogP) is 3.41. The van der Waals surface area contributed by atoms with Gasteiger partial charge in [0.05, 0.1) is 36.1 Å². The second kappa shape index (κ2) is 7.99. The number of aromatic amines is 1. The molecule has 164 valence electrons. The van der Waals surface area contributed by atoms with Gasteiger partial charge in [0.2, 0.25) is 0 Å². The minimum absolute atomic E-state index is 0.119. The summed E-state index contributed by atoms with van der Waals surface area (Å²) in [6.45, 7) is 6.45. The minimum Gasteiger partial charge on any atom is -0.374 e. The smallest absolute Gasteiger partial charge is 0.275 e. The van der Waals surface area contributed by atoms with E-state index in [1.807, 2.05) is 39.0 Å². The van der Waals surface area contributed by atoms with Gasteiger partial charge in [-0.25, -0.2) is 9.97 Å². The molecule has 0 saturated carbocycles. The molecule has 0 bridgehead atoms. The summed E-state index contributed by atoms with van der Waals surface area (Å²) in [6.07, 6.45) is 3.01. The molecule has 1 aliphatic rings. The van der Waals surface area contributed by atoms with Crippen molar-refractivity contribution in [2.45, 2.75) is 32.9 Å². The summed E-state index contributed by atoms with van der Waals surface area (Å²) >= 11 is 6.28. The lowest BCUT2D eigenvalue weighted by molar-refractivity contribution is -0.0469. The van der Waals surface area contributed by atoms with Crippen molar-refractivity contribution in [3.05, 3.63) is 64.5 Å². The molecule has 1 amide bonds. The van der Waals surface area contributed by atoms with E-state index in [0.717, 1.165) is 22.3 Å². The van der Waals surface area contributed by atoms with E-state index in [1.165, 1.54) is 4.80 Å². The highest BCUT2D eigenvalue weighted by Crippen LogP contribution is 2.31. The van der Waals surface area contributed by atoms with Crippen molar-refractivity contribution in [1.82, 2.24) is 34.8 Å². The molecule has 4 aromatic rings. The van der Waals surface area contributed by atoms with Gasteiger partial charge in [0.25, 0.3) is 5.91 Å². The number of pyridine rings is 1. The zero-order chi connectivity index (χ0) is 22.4. The number of benzene rings is 1. The molecule has 2 atom stereocenters. The maximum Gasteiger partial charge on any atom is 0.275 e. The van der Waals surface area contributed by atoms with E-state index < -0.39 is 6.04 Å². The standard InChI is InChI=1S/C22H22ClN7O2/c1-12-4-7-17(30-24-8-9-25-30)20(26-12)22(31)29-10-13(2)32-11-18(29)21-27-16-6-5-15(23)14(3)19(16)28-21/h4-9,13,18H,10-11H2,1-3H3,(H,27,28)/t13-,18-/m0/s1. The van der Waals surface area contributed by atoms with E-state index in [4.69, 9.17) is 21.3 Å². The van der Waals surface area contributed by atoms with Crippen LogP contribution in [0.1, 0.15) is 40.5 Å². The summed E-state index contributed by atoms with van der Waals surface area (Å²) in [5.41, 5.74) is 4.08. The molecule has 5 rings (SSSR count). The highest BCUT2D eigenvalue weighted by Gasteiger charge is 2.36. The molecule has 3 aromatic heterocycles. The number of nitrogens with one attached hydrogen (secondary N) is 1. The van der Waals surface area contributed by atoms with E-state index in [1.54, 1.807) is 23.4 Å². The van der Waals surface area contributed by atoms with E-state index in [0.29, 0.717) is 29.7 Å². The Morgan fingerprint density at radius 3 is 2.72 bits per heavy atom. The summed E-state index contributed by atoms with van der Waals surface area (Å²) in [6, 6.07) is 6.97. The van der Waals surface area contributed by atoms with E-state index in [2.05, 4.69) is 20.2 Å². The Balaban J connectivity index is 1.58. The van der Waals surface area contributed by atoms with Crippen molar-refractivity contribution in [3.63, 3.8) is 0 Å². The van der Waals surface area contributed by atoms with Crippen LogP contribution in [0, 0.1) is 13.8 Å². The Hall–Kier alpha value is -3.30. The second-order valence-corrected chi connectivity index (χ2v) is 8.35. The lowest BCUT2D eigenvalue weighted by Crippen LogP contribution is -2.47. The fraction of sp³-hybridized carbons (Fsp3) is 0.318. The number of H-pyrrole nitrogens is 1. The van der Waals surface area contributed by atoms with E-state index in [9.17, 15) is 4.79 Å². The van der Waals surface area contributed by atoms with Crippen LogP contribution in [0.5, 0.6) is 0 Å². The van der Waals surface area contributed by atoms with Gasteiger partial charge in [-0.05, 0) is 50.6 Å². The zero-order valence-corrected chi connectivity index (χ0v) is 18.7. The monoisotopic (exact) mass is 451 g/mol. The van der Waals surface area contributed by atoms with Crippen molar-refractivity contribution in [2.75, 3.05) is 13.2 Å². The van der Waals surface area contributed by atoms with Crippen molar-refractivity contribution in [1.29, 1.82) is 0 Å². The predicted molar refractivity (Wildman–Crippen MR) is 119 cm³/mol. The van der Waals surface area contributed by atoms with Crippen LogP contribution >= 0.6 is 11.6 Å². The number of aryl methyl sites for hydroxylation is 2. The normalized spacial score (nSPS) is 18.9. The van der Waals surface area contributed by atoms with Gasteiger partial charge in [-0.1, -0.05) is 11.6 Å². The van der Waals surface area contributed by atoms with Gasteiger partial charge in [0, 0.05) is 17.3 Å². The molecule has 10 heteroatoms. The van der Waals surface area contributed by atoms with Crippen LogP contribution in [0.4, 0.5) is 0 Å². The van der Waals surface area contributed by atoms with Crippen LogP contribution in [0.3, 0.4) is 0 Å². The third-order valence-electron chi connectivity index (χ3n) is 5.66. The van der Waals surface area contributed by atoms with Crippen LogP contribution in [0.25, 0.3) is 16.7 Å². The average molecular weight is 452 g/mol. The van der Waals surface area contributed by atoms with Crippen molar-refractivity contribution < 1.29 is 9.53 Å². The van der Waals surface area contributed by atoms with Crippen molar-refractivity contribution >= 4 is 28.5 Å². The summed E-state index contributed by atoms with van der Waals surface area (Å²) in [5.74, 6) is 0.424. The maximum atomic E-state index is 13.8. The van der Waals surface area contributed by atoms with Crippen LogP contribution in [0.15, 0.2) is 36.7 Å². The number of imidazole rings is 1. The Morgan fingerprint density at radius 2 is 1.94 bits per heavy atom. The lowest BCUT2D eigenvalue weighted by atomic mass is 10.1. The number of aromatic nitrogens is 6. The Morgan fingerprint density at radius 1 is 1.16 bits per heavy atom. The average Bonchev–Trinajstić information content (AvgIpc) is 3.46. The van der Waals surface area contributed by atoms with Crippen molar-refractivity contribution in [3.8, 4) is 5.69 Å². The fourth-order valence-corrected chi connectivity index (χ4v) is 4.11. The van der Waals surface area contributed by atoms with Gasteiger partial charge >= 0.3 is 0 Å². The number of ether oxygens (including phenoxy) is 1. The molecule has 0 aliphatic carbocycles. The maximum absolute atomic E-state index is 13.8. The molecule has 0 radical (unpaired) electrons. The first kappa shape index (κ1) is 20.6. The van der Waals surface area contributed by atoms with E-state index >= 15 is 0 Å². The molecule has 1 fully saturated rings. The number of hydrogen-bond acceptors (Lipinski definition) is 6. The van der Waals surface area contributed by atoms with Gasteiger partial charge in [-0.3, -0.25) is 4.79 Å². The molecule has 32 heavy (non-hydrogen) atoms. The third kappa shape index (κ3) is 3.53. The molecule has 4 heterocycles. The lowest BCUT2D eigenvalue weighted by Gasteiger charge is -2.37. The molecule has 1 N–H and O–H groups in total. The molecule has 0 unspecified atom stereocenters. The second-order valence-electron chi connectivity index (χ2n) is 7.95. The van der Waals surface area contributed by atoms with Gasteiger partial charge in [0.15, 0.2) is 5.69 Å². The molecule has 1 aliphatic heterocycles. The highest BCUT2D eigenvalue weighted by molar-refractivity contribution is 6.32. The quantitative estimate of drug-likeness (QED) is 0.512. The largest absolute Gasteiger partial charge is 0.374 e. The molecule has 1 aromatic carbocycles. The number of morpholine rings is 1. The summed E-state index contributed by atoms with van der Waals surface area (Å²) in [7, 11) is 0. The van der Waals surface area contributed by atoms with Crippen molar-refractivity contribution in [2.24, 2.45) is 0 Å². The molecular weight excluding hydrogens is 430 g/mol. The van der Waals surface area contributed by atoms with Crippen LogP contribution in [-0.2, 0) is 4.74 Å². The van der Waals surface area contributed by atoms with Crippen LogP contribution in [0.2, 0.25) is 5.02 Å². The first-order valence-corrected chi connectivity index (χ1v) is 10.7. The summed E-state index contributed by atoms with van der Waals surface area (Å²) < 4.78 is 5.91. The van der Waals surface area contributed by atoms with Gasteiger partial charge in [-0.15, -0.1) is 4.80 Å². The Labute approximate surface area is 189 Å². The molecule has 0 spiro atoms. The first-order valence-electron chi connectivity index (χ1n) is 10.3. The number of nitrogens with zero attached hydrogens (tertiary/aromatic N) is 6. The Kier molecular flexibility index (Phi) is 5.15. The number of amides is 1. The van der Waals surface area contributed by atoms with Gasteiger partial charge in [-0.2, -0.15) is 10.2 Å². The third-order valence-corrected chi connectivity index (χ3v) is 6.06. The van der Waals surface area contributed by atoms with Gasteiger partial charge < -0.3 is 14.6 Å². The fourth-order valence-electron chi connectivity index (χ4n) is 3.96. The van der Waals surface area contributed by atoms with Crippen LogP contribution < -0.4 is 0 Å². The number of fused-ring (bicyclic) bond motifs is 1. The molecule has 9 nitrogen and oxygen atoms in total. The molecular formula is C22H22ClN7O2. The Bertz CT molecular complexity index is 1300. The topological polar surface area (TPSA) is 102 Å². The first-order chi connectivity index (χ1) is 15.4. The van der Waals surface area contributed by atoms with Gasteiger partial charge in [0.1, 0.15) is 17.6 Å². The number of hydrogen-bond donors (Lipinski definition) is 1. The zero-order valence-electron chi connectivity index (χ0n) is 17.9. The number of rotatable bonds is 3.